The predicted octanol–water partition coefficient (Wildman–Crippen LogP) is 3.55. The Labute approximate surface area is 153 Å². The number of methoxy groups -OCH3 is 1. The van der Waals surface area contributed by atoms with Crippen molar-refractivity contribution in [1.29, 1.82) is 0 Å². The summed E-state index contributed by atoms with van der Waals surface area (Å²) in [6.07, 6.45) is 0. The maximum atomic E-state index is 12.7. The number of rotatable bonds is 5. The minimum absolute atomic E-state index is 0.0616. The molecule has 0 saturated heterocycles. The molecule has 0 unspecified atom stereocenters. The summed E-state index contributed by atoms with van der Waals surface area (Å²) in [5.41, 5.74) is 0.964. The van der Waals surface area contributed by atoms with E-state index in [1.165, 1.54) is 25.3 Å². The Morgan fingerprint density at radius 3 is 2.68 bits per heavy atom. The molecule has 0 spiro atoms. The van der Waals surface area contributed by atoms with E-state index in [2.05, 4.69) is 4.72 Å². The first-order chi connectivity index (χ1) is 11.9. The predicted molar refractivity (Wildman–Crippen MR) is 101 cm³/mol. The van der Waals surface area contributed by atoms with Crippen LogP contribution in [0.5, 0.6) is 5.75 Å². The molecule has 0 atom stereocenters. The van der Waals surface area contributed by atoms with Crippen LogP contribution in [0, 0.1) is 0 Å². The zero-order valence-electron chi connectivity index (χ0n) is 13.4. The van der Waals surface area contributed by atoms with Crippen LogP contribution in [0.2, 0.25) is 5.02 Å². The number of fused-ring (bicyclic) bond motifs is 1. The van der Waals surface area contributed by atoms with Gasteiger partial charge in [0.2, 0.25) is 0 Å². The van der Waals surface area contributed by atoms with Crippen LogP contribution in [0.3, 0.4) is 0 Å². The number of anilines is 1. The quantitative estimate of drug-likeness (QED) is 0.713. The number of aryl methyl sites for hydroxylation is 1. The van der Waals surface area contributed by atoms with Crippen LogP contribution in [0.4, 0.5) is 5.69 Å². The molecule has 0 aliphatic carbocycles. The Bertz CT molecular complexity index is 1100. The van der Waals surface area contributed by atoms with Crippen LogP contribution in [0.1, 0.15) is 6.92 Å². The first kappa shape index (κ1) is 17.8. The number of hydrogen-bond donors (Lipinski definition) is 1. The van der Waals surface area contributed by atoms with Crippen molar-refractivity contribution in [3.63, 3.8) is 0 Å². The minimum Gasteiger partial charge on any atom is -0.495 e. The molecule has 9 heteroatoms. The van der Waals surface area contributed by atoms with E-state index in [1.54, 1.807) is 22.8 Å². The summed E-state index contributed by atoms with van der Waals surface area (Å²) in [5, 5.41) is 0.382. The lowest BCUT2D eigenvalue weighted by Gasteiger charge is -2.12. The van der Waals surface area contributed by atoms with Crippen LogP contribution in [0.25, 0.3) is 10.2 Å². The fourth-order valence-corrected chi connectivity index (χ4v) is 4.81. The number of aromatic nitrogens is 1. The van der Waals surface area contributed by atoms with Gasteiger partial charge in [0.1, 0.15) is 5.75 Å². The van der Waals surface area contributed by atoms with Crippen molar-refractivity contribution in [2.75, 3.05) is 11.8 Å². The summed E-state index contributed by atoms with van der Waals surface area (Å²) in [6.45, 7) is 2.40. The van der Waals surface area contributed by atoms with Crippen molar-refractivity contribution in [2.45, 2.75) is 18.4 Å². The van der Waals surface area contributed by atoms with Crippen molar-refractivity contribution in [3.8, 4) is 5.75 Å². The lowest BCUT2D eigenvalue weighted by atomic mass is 10.3. The third kappa shape index (κ3) is 3.37. The highest BCUT2D eigenvalue weighted by Gasteiger charge is 2.19. The zero-order valence-corrected chi connectivity index (χ0v) is 15.8. The SMILES string of the molecule is CCn1c(=O)sc2cc(S(=O)(=O)Nc3cc(Cl)ccc3OC)ccc21. The van der Waals surface area contributed by atoms with Crippen LogP contribution in [-0.4, -0.2) is 20.1 Å². The van der Waals surface area contributed by atoms with Gasteiger partial charge in [-0.2, -0.15) is 0 Å². The lowest BCUT2D eigenvalue weighted by molar-refractivity contribution is 0.417. The Hall–Kier alpha value is -2.03. The number of halogens is 1. The minimum atomic E-state index is -3.86. The van der Waals surface area contributed by atoms with Gasteiger partial charge >= 0.3 is 4.87 Å². The number of sulfonamides is 1. The zero-order chi connectivity index (χ0) is 18.2. The average molecular weight is 399 g/mol. The van der Waals surface area contributed by atoms with E-state index < -0.39 is 10.0 Å². The lowest BCUT2D eigenvalue weighted by Crippen LogP contribution is -2.14. The van der Waals surface area contributed by atoms with Gasteiger partial charge in [0.05, 0.1) is 27.9 Å². The fourth-order valence-electron chi connectivity index (χ4n) is 2.48. The molecule has 0 radical (unpaired) electrons. The Kier molecular flexibility index (Phi) is 4.77. The molecule has 25 heavy (non-hydrogen) atoms. The van der Waals surface area contributed by atoms with Crippen LogP contribution >= 0.6 is 22.9 Å². The van der Waals surface area contributed by atoms with E-state index in [9.17, 15) is 13.2 Å². The number of nitrogens with zero attached hydrogens (tertiary/aromatic N) is 1. The maximum absolute atomic E-state index is 12.7. The van der Waals surface area contributed by atoms with Gasteiger partial charge in [0, 0.05) is 11.6 Å². The van der Waals surface area contributed by atoms with Crippen molar-refractivity contribution in [2.24, 2.45) is 0 Å². The number of ether oxygens (including phenoxy) is 1. The highest BCUT2D eigenvalue weighted by molar-refractivity contribution is 7.92. The highest BCUT2D eigenvalue weighted by Crippen LogP contribution is 2.30. The molecule has 0 aliphatic heterocycles. The van der Waals surface area contributed by atoms with Gasteiger partial charge in [-0.3, -0.25) is 14.1 Å². The fraction of sp³-hybridized carbons (Fsp3) is 0.188. The van der Waals surface area contributed by atoms with Crippen LogP contribution in [0.15, 0.2) is 46.1 Å². The summed E-state index contributed by atoms with van der Waals surface area (Å²) in [6, 6.07) is 9.27. The number of thiazole rings is 1. The van der Waals surface area contributed by atoms with E-state index in [4.69, 9.17) is 16.3 Å². The van der Waals surface area contributed by atoms with Crippen molar-refractivity contribution >= 4 is 48.9 Å². The van der Waals surface area contributed by atoms with Crippen molar-refractivity contribution in [3.05, 3.63) is 51.1 Å². The summed E-state index contributed by atoms with van der Waals surface area (Å²) >= 11 is 6.96. The molecule has 0 bridgehead atoms. The van der Waals surface area contributed by atoms with E-state index >= 15 is 0 Å². The monoisotopic (exact) mass is 398 g/mol. The van der Waals surface area contributed by atoms with Gasteiger partial charge in [0.25, 0.3) is 10.0 Å². The number of hydrogen-bond acceptors (Lipinski definition) is 5. The third-order valence-corrected chi connectivity index (χ3v) is 6.21. The van der Waals surface area contributed by atoms with E-state index in [0.717, 1.165) is 16.9 Å². The highest BCUT2D eigenvalue weighted by atomic mass is 35.5. The maximum Gasteiger partial charge on any atom is 0.308 e. The molecule has 2 aromatic carbocycles. The van der Waals surface area contributed by atoms with E-state index in [1.807, 2.05) is 6.92 Å². The van der Waals surface area contributed by atoms with Crippen molar-refractivity contribution in [1.82, 2.24) is 4.57 Å². The molecule has 1 heterocycles. The Balaban J connectivity index is 2.05. The molecule has 3 aromatic rings. The molecule has 0 fully saturated rings. The van der Waals surface area contributed by atoms with Gasteiger partial charge in [-0.05, 0) is 43.3 Å². The second-order valence-corrected chi connectivity index (χ2v) is 8.30. The van der Waals surface area contributed by atoms with Gasteiger partial charge in [-0.15, -0.1) is 0 Å². The summed E-state index contributed by atoms with van der Waals surface area (Å²) in [4.78, 5) is 11.9. The van der Waals surface area contributed by atoms with Crippen molar-refractivity contribution < 1.29 is 13.2 Å². The Morgan fingerprint density at radius 1 is 1.24 bits per heavy atom. The second-order valence-electron chi connectivity index (χ2n) is 5.19. The van der Waals surface area contributed by atoms with E-state index in [0.29, 0.717) is 22.0 Å². The van der Waals surface area contributed by atoms with Gasteiger partial charge in [-0.1, -0.05) is 22.9 Å². The molecule has 0 saturated carbocycles. The largest absolute Gasteiger partial charge is 0.495 e. The molecule has 0 amide bonds. The van der Waals surface area contributed by atoms with Crippen LogP contribution < -0.4 is 14.3 Å². The standard InChI is InChI=1S/C16H15ClN2O4S2/c1-3-19-13-6-5-11(9-15(13)24-16(19)20)25(21,22)18-12-8-10(17)4-7-14(12)23-2/h4-9,18H,3H2,1-2H3. The summed E-state index contributed by atoms with van der Waals surface area (Å²) in [5.74, 6) is 0.357. The first-order valence-electron chi connectivity index (χ1n) is 7.35. The molecule has 132 valence electrons. The smallest absolute Gasteiger partial charge is 0.308 e. The molecular weight excluding hydrogens is 384 g/mol. The number of benzene rings is 2. The molecular formula is C16H15ClN2O4S2. The topological polar surface area (TPSA) is 77.4 Å². The molecule has 0 aliphatic rings. The second kappa shape index (κ2) is 6.70. The van der Waals surface area contributed by atoms with Crippen LogP contribution in [-0.2, 0) is 16.6 Å². The van der Waals surface area contributed by atoms with E-state index in [-0.39, 0.29) is 15.5 Å². The molecule has 3 rings (SSSR count). The molecule has 1 aromatic heterocycles. The summed E-state index contributed by atoms with van der Waals surface area (Å²) < 4.78 is 35.2. The number of nitrogens with one attached hydrogen (secondary N) is 1. The van der Waals surface area contributed by atoms with Gasteiger partial charge in [-0.25, -0.2) is 8.42 Å². The first-order valence-corrected chi connectivity index (χ1v) is 10.0. The van der Waals surface area contributed by atoms with Gasteiger partial charge < -0.3 is 4.74 Å². The Morgan fingerprint density at radius 2 is 2.00 bits per heavy atom. The molecule has 1 N–H and O–H groups in total. The normalized spacial score (nSPS) is 11.6. The third-order valence-electron chi connectivity index (χ3n) is 3.67. The summed E-state index contributed by atoms with van der Waals surface area (Å²) in [7, 11) is -2.42. The molecule has 6 nitrogen and oxygen atoms in total. The average Bonchev–Trinajstić information content (AvgIpc) is 2.88. The van der Waals surface area contributed by atoms with Gasteiger partial charge in [0.15, 0.2) is 0 Å².